The van der Waals surface area contributed by atoms with Crippen molar-refractivity contribution in [2.24, 2.45) is 0 Å². The summed E-state index contributed by atoms with van der Waals surface area (Å²) in [6.07, 6.45) is 0. The van der Waals surface area contributed by atoms with Gasteiger partial charge in [-0.1, -0.05) is 12.1 Å². The molecule has 0 aromatic heterocycles. The summed E-state index contributed by atoms with van der Waals surface area (Å²) in [7, 11) is -2.88. The van der Waals surface area contributed by atoms with Crippen LogP contribution in [0.1, 0.15) is 0 Å². The minimum absolute atomic E-state index is 0.0635. The average Bonchev–Trinajstić information content (AvgIpc) is 2.27. The molecule has 1 unspecified atom stereocenters. The molecule has 0 aliphatic carbocycles. The summed E-state index contributed by atoms with van der Waals surface area (Å²) in [4.78, 5) is -0.256. The molecule has 15 heavy (non-hydrogen) atoms. The van der Waals surface area contributed by atoms with Crippen molar-refractivity contribution in [3.8, 4) is 5.75 Å². The van der Waals surface area contributed by atoms with E-state index >= 15 is 0 Å². The van der Waals surface area contributed by atoms with Crippen LogP contribution in [0.5, 0.6) is 5.75 Å². The molecule has 1 atom stereocenters. The number of alkyl halides is 1. The predicted octanol–water partition coefficient (Wildman–Crippen LogP) is 0.757. The van der Waals surface area contributed by atoms with Gasteiger partial charge in [-0.15, -0.1) is 0 Å². The third-order valence-electron chi connectivity index (χ3n) is 1.86. The maximum absolute atomic E-state index is 13.0. The van der Waals surface area contributed by atoms with Crippen LogP contribution in [0.25, 0.3) is 0 Å². The smallest absolute Gasteiger partial charge is 0.228 e. The summed E-state index contributed by atoms with van der Waals surface area (Å²) < 4.78 is 40.9. The van der Waals surface area contributed by atoms with E-state index in [1.807, 2.05) is 0 Å². The number of aliphatic hydroxyl groups excluding tert-OH is 1. The first-order valence-electron chi connectivity index (χ1n) is 4.16. The lowest BCUT2D eigenvalue weighted by Gasteiger charge is -2.10. The summed E-state index contributed by atoms with van der Waals surface area (Å²) in [5, 5.41) is 8.50. The Balaban J connectivity index is 3.27. The SMILES string of the molecule is COc1ccccc1S(=O)(=O)C(F)CO. The zero-order valence-electron chi connectivity index (χ0n) is 8.05. The number of halogens is 1. The number of benzene rings is 1. The molecule has 0 amide bonds. The van der Waals surface area contributed by atoms with Crippen LogP contribution in [0.2, 0.25) is 0 Å². The molecular weight excluding hydrogens is 223 g/mol. The molecule has 0 bridgehead atoms. The standard InChI is InChI=1S/C9H11FO4S/c1-14-7-4-2-3-5-8(7)15(12,13)9(10)6-11/h2-5,9,11H,6H2,1H3. The van der Waals surface area contributed by atoms with Gasteiger partial charge in [0.15, 0.2) is 0 Å². The molecule has 0 spiro atoms. The quantitative estimate of drug-likeness (QED) is 0.835. The van der Waals surface area contributed by atoms with Gasteiger partial charge in [-0.05, 0) is 12.1 Å². The van der Waals surface area contributed by atoms with Crippen LogP contribution in [-0.4, -0.2) is 32.7 Å². The Morgan fingerprint density at radius 3 is 2.60 bits per heavy atom. The van der Waals surface area contributed by atoms with Crippen molar-refractivity contribution < 1.29 is 22.7 Å². The van der Waals surface area contributed by atoms with Crippen molar-refractivity contribution in [3.05, 3.63) is 24.3 Å². The number of hydrogen-bond donors (Lipinski definition) is 1. The van der Waals surface area contributed by atoms with Crippen molar-refractivity contribution in [1.29, 1.82) is 0 Å². The number of sulfone groups is 1. The fraction of sp³-hybridized carbons (Fsp3) is 0.333. The molecular formula is C9H11FO4S. The monoisotopic (exact) mass is 234 g/mol. The molecule has 1 aromatic rings. The van der Waals surface area contributed by atoms with Crippen LogP contribution in [0.3, 0.4) is 0 Å². The van der Waals surface area contributed by atoms with E-state index in [1.54, 1.807) is 6.07 Å². The molecule has 84 valence electrons. The zero-order chi connectivity index (χ0) is 11.5. The Morgan fingerprint density at radius 1 is 1.47 bits per heavy atom. The Morgan fingerprint density at radius 2 is 2.07 bits per heavy atom. The second kappa shape index (κ2) is 4.59. The van der Waals surface area contributed by atoms with Crippen molar-refractivity contribution >= 4 is 9.84 Å². The van der Waals surface area contributed by atoms with Crippen LogP contribution in [-0.2, 0) is 9.84 Å². The van der Waals surface area contributed by atoms with E-state index in [0.717, 1.165) is 0 Å². The van der Waals surface area contributed by atoms with Gasteiger partial charge in [-0.25, -0.2) is 12.8 Å². The summed E-state index contributed by atoms with van der Waals surface area (Å²) in [5.74, 6) is 0.0635. The molecule has 0 heterocycles. The highest BCUT2D eigenvalue weighted by Gasteiger charge is 2.29. The topological polar surface area (TPSA) is 63.6 Å². The highest BCUT2D eigenvalue weighted by molar-refractivity contribution is 7.92. The number of rotatable bonds is 4. The van der Waals surface area contributed by atoms with Gasteiger partial charge in [0, 0.05) is 0 Å². The zero-order valence-corrected chi connectivity index (χ0v) is 8.87. The highest BCUT2D eigenvalue weighted by atomic mass is 32.2. The number of para-hydroxylation sites is 1. The summed E-state index contributed by atoms with van der Waals surface area (Å²) in [5.41, 5.74) is -2.33. The van der Waals surface area contributed by atoms with Crippen molar-refractivity contribution in [3.63, 3.8) is 0 Å². The fourth-order valence-corrected chi connectivity index (χ4v) is 2.26. The average molecular weight is 234 g/mol. The summed E-state index contributed by atoms with van der Waals surface area (Å²) in [6, 6.07) is 5.68. The lowest BCUT2D eigenvalue weighted by molar-refractivity contribution is 0.225. The Labute approximate surface area is 87.2 Å². The van der Waals surface area contributed by atoms with Gasteiger partial charge >= 0.3 is 0 Å². The van der Waals surface area contributed by atoms with Gasteiger partial charge in [-0.3, -0.25) is 0 Å². The molecule has 4 nitrogen and oxygen atoms in total. The van der Waals surface area contributed by atoms with E-state index < -0.39 is 21.9 Å². The second-order valence-electron chi connectivity index (χ2n) is 2.79. The lowest BCUT2D eigenvalue weighted by atomic mass is 10.3. The Hall–Kier alpha value is -1.14. The lowest BCUT2D eigenvalue weighted by Crippen LogP contribution is -2.20. The number of ether oxygens (including phenoxy) is 1. The number of aliphatic hydroxyl groups is 1. The number of methoxy groups -OCH3 is 1. The van der Waals surface area contributed by atoms with Crippen LogP contribution in [0, 0.1) is 0 Å². The third kappa shape index (κ3) is 2.27. The molecule has 6 heteroatoms. The normalized spacial score (nSPS) is 13.5. The molecule has 1 rings (SSSR count). The van der Waals surface area contributed by atoms with Gasteiger partial charge in [0.05, 0.1) is 13.7 Å². The molecule has 1 N–H and O–H groups in total. The Kier molecular flexibility index (Phi) is 3.65. The maximum Gasteiger partial charge on any atom is 0.228 e. The van der Waals surface area contributed by atoms with E-state index in [1.165, 1.54) is 25.3 Å². The minimum atomic E-state index is -4.17. The fourth-order valence-electron chi connectivity index (χ4n) is 1.09. The summed E-state index contributed by atoms with van der Waals surface area (Å²) >= 11 is 0. The van der Waals surface area contributed by atoms with Crippen molar-refractivity contribution in [2.75, 3.05) is 13.7 Å². The molecule has 0 aliphatic heterocycles. The molecule has 1 aromatic carbocycles. The first kappa shape index (κ1) is 11.9. The first-order valence-corrected chi connectivity index (χ1v) is 5.70. The van der Waals surface area contributed by atoms with Crippen molar-refractivity contribution in [1.82, 2.24) is 0 Å². The predicted molar refractivity (Wildman–Crippen MR) is 52.2 cm³/mol. The first-order chi connectivity index (χ1) is 7.04. The van der Waals surface area contributed by atoms with E-state index in [4.69, 9.17) is 9.84 Å². The molecule has 0 fully saturated rings. The van der Waals surface area contributed by atoms with E-state index in [2.05, 4.69) is 0 Å². The largest absolute Gasteiger partial charge is 0.495 e. The van der Waals surface area contributed by atoms with E-state index in [0.29, 0.717) is 0 Å². The maximum atomic E-state index is 13.0. The molecule has 0 radical (unpaired) electrons. The van der Waals surface area contributed by atoms with Gasteiger partial charge in [0.25, 0.3) is 0 Å². The number of hydrogen-bond acceptors (Lipinski definition) is 4. The van der Waals surface area contributed by atoms with Crippen molar-refractivity contribution in [2.45, 2.75) is 10.4 Å². The van der Waals surface area contributed by atoms with E-state index in [-0.39, 0.29) is 10.6 Å². The second-order valence-corrected chi connectivity index (χ2v) is 4.83. The van der Waals surface area contributed by atoms with Crippen LogP contribution < -0.4 is 4.74 Å². The van der Waals surface area contributed by atoms with E-state index in [9.17, 15) is 12.8 Å². The molecule has 0 saturated heterocycles. The van der Waals surface area contributed by atoms with Crippen LogP contribution in [0.15, 0.2) is 29.2 Å². The van der Waals surface area contributed by atoms with Gasteiger partial charge in [0.1, 0.15) is 10.6 Å². The van der Waals surface area contributed by atoms with Gasteiger partial charge in [0.2, 0.25) is 15.3 Å². The van der Waals surface area contributed by atoms with Crippen LogP contribution in [0.4, 0.5) is 4.39 Å². The third-order valence-corrected chi connectivity index (χ3v) is 3.63. The minimum Gasteiger partial charge on any atom is -0.495 e. The van der Waals surface area contributed by atoms with Gasteiger partial charge < -0.3 is 9.84 Å². The summed E-state index contributed by atoms with van der Waals surface area (Å²) in [6.45, 7) is -1.07. The van der Waals surface area contributed by atoms with Gasteiger partial charge in [-0.2, -0.15) is 0 Å². The molecule has 0 saturated carbocycles. The molecule has 0 aliphatic rings. The highest BCUT2D eigenvalue weighted by Crippen LogP contribution is 2.26. The van der Waals surface area contributed by atoms with Crippen LogP contribution >= 0.6 is 0 Å². The Bertz CT molecular complexity index is 429.